The molecule has 1 aromatic heterocycles. The molecule has 0 saturated heterocycles. The zero-order valence-electron chi connectivity index (χ0n) is 21.1. The van der Waals surface area contributed by atoms with Crippen molar-refractivity contribution in [3.05, 3.63) is 78.3 Å². The van der Waals surface area contributed by atoms with Gasteiger partial charge in [0.15, 0.2) is 0 Å². The molecule has 0 aliphatic heterocycles. The van der Waals surface area contributed by atoms with Crippen molar-refractivity contribution in [1.82, 2.24) is 9.88 Å². The molecule has 0 atom stereocenters. The molecule has 39 heavy (non-hydrogen) atoms. The Morgan fingerprint density at radius 3 is 2.54 bits per heavy atom. The number of ether oxygens (including phenoxy) is 1. The molecule has 3 aromatic rings. The lowest BCUT2D eigenvalue weighted by atomic mass is 9.83. The molecule has 1 heterocycles. The van der Waals surface area contributed by atoms with Crippen LogP contribution in [0.3, 0.4) is 0 Å². The highest BCUT2D eigenvalue weighted by atomic mass is 35.5. The zero-order valence-corrected chi connectivity index (χ0v) is 22.6. The number of fused-ring (bicyclic) bond motifs is 1. The average Bonchev–Trinajstić information content (AvgIpc) is 3.75. The maximum absolute atomic E-state index is 14.2. The fourth-order valence-corrected chi connectivity index (χ4v) is 5.65. The molecule has 1 amide bonds. The van der Waals surface area contributed by atoms with Crippen LogP contribution in [0.1, 0.15) is 67.8 Å². The third-order valence-electron chi connectivity index (χ3n) is 7.58. The van der Waals surface area contributed by atoms with Crippen molar-refractivity contribution in [2.75, 3.05) is 6.61 Å². The first kappa shape index (κ1) is 27.4. The predicted molar refractivity (Wildman–Crippen MR) is 147 cm³/mol. The van der Waals surface area contributed by atoms with E-state index >= 15 is 0 Å². The zero-order chi connectivity index (χ0) is 27.7. The van der Waals surface area contributed by atoms with Crippen LogP contribution in [0.5, 0.6) is 5.75 Å². The molecular formula is C28H28Cl2FN3O5. The lowest BCUT2D eigenvalue weighted by molar-refractivity contribution is -0.384. The minimum atomic E-state index is -0.681. The van der Waals surface area contributed by atoms with E-state index in [1.165, 1.54) is 18.2 Å². The summed E-state index contributed by atoms with van der Waals surface area (Å²) in [6, 6.07) is 7.12. The molecule has 2 aromatic carbocycles. The monoisotopic (exact) mass is 575 g/mol. The summed E-state index contributed by atoms with van der Waals surface area (Å²) in [6.45, 7) is 0.441. The average molecular weight is 576 g/mol. The number of nitro groups is 1. The highest BCUT2D eigenvalue weighted by molar-refractivity contribution is 6.32. The Morgan fingerprint density at radius 2 is 1.85 bits per heavy atom. The molecule has 0 bridgehead atoms. The second kappa shape index (κ2) is 11.5. The normalized spacial score (nSPS) is 19.2. The molecule has 0 unspecified atom stereocenters. The van der Waals surface area contributed by atoms with Crippen LogP contribution in [0.25, 0.3) is 10.9 Å². The number of halogens is 3. The van der Waals surface area contributed by atoms with Crippen molar-refractivity contribution in [1.29, 1.82) is 0 Å². The lowest BCUT2D eigenvalue weighted by Gasteiger charge is -2.29. The van der Waals surface area contributed by atoms with Gasteiger partial charge in [-0.25, -0.2) is 4.39 Å². The van der Waals surface area contributed by atoms with Crippen LogP contribution in [0.15, 0.2) is 41.3 Å². The Balaban J connectivity index is 1.14. The number of rotatable bonds is 9. The highest BCUT2D eigenvalue weighted by Crippen LogP contribution is 2.38. The SMILES string of the molecule is O=C(NC1CCC(CCCOc2ccc(Cl)c([N+](=O)[O-])c2)CC1)c1cn(C2CC2)c2cc(Cl)c(F)cc2c1=O. The van der Waals surface area contributed by atoms with Gasteiger partial charge in [-0.05, 0) is 81.5 Å². The number of aromatic nitrogens is 1. The molecule has 2 aliphatic rings. The fraction of sp³-hybridized carbons (Fsp3) is 0.429. The van der Waals surface area contributed by atoms with Crippen molar-refractivity contribution in [2.24, 2.45) is 5.92 Å². The van der Waals surface area contributed by atoms with E-state index in [4.69, 9.17) is 27.9 Å². The van der Waals surface area contributed by atoms with E-state index in [9.17, 15) is 24.1 Å². The van der Waals surface area contributed by atoms with Crippen LogP contribution in [-0.2, 0) is 0 Å². The van der Waals surface area contributed by atoms with Crippen LogP contribution >= 0.6 is 23.2 Å². The van der Waals surface area contributed by atoms with E-state index in [1.54, 1.807) is 12.3 Å². The van der Waals surface area contributed by atoms with Gasteiger partial charge in [0, 0.05) is 23.7 Å². The van der Waals surface area contributed by atoms with Gasteiger partial charge in [0.05, 0.1) is 28.1 Å². The molecular weight excluding hydrogens is 548 g/mol. The molecule has 0 spiro atoms. The molecule has 1 N–H and O–H groups in total. The largest absolute Gasteiger partial charge is 0.493 e. The minimum absolute atomic E-state index is 0.0258. The molecule has 0 radical (unpaired) electrons. The first-order valence-corrected chi connectivity index (χ1v) is 13.9. The van der Waals surface area contributed by atoms with Gasteiger partial charge in [0.25, 0.3) is 11.6 Å². The maximum Gasteiger partial charge on any atom is 0.291 e. The summed E-state index contributed by atoms with van der Waals surface area (Å²) in [6.07, 6.45) is 8.68. The van der Waals surface area contributed by atoms with E-state index in [1.807, 2.05) is 4.57 Å². The van der Waals surface area contributed by atoms with E-state index in [-0.39, 0.29) is 38.8 Å². The summed E-state index contributed by atoms with van der Waals surface area (Å²) < 4.78 is 21.7. The molecule has 5 rings (SSSR count). The molecule has 2 aliphatic carbocycles. The van der Waals surface area contributed by atoms with Gasteiger partial charge in [0.2, 0.25) is 5.43 Å². The molecule has 8 nitrogen and oxygen atoms in total. The van der Waals surface area contributed by atoms with E-state index in [0.717, 1.165) is 57.4 Å². The summed E-state index contributed by atoms with van der Waals surface area (Å²) in [7, 11) is 0. The second-order valence-corrected chi connectivity index (χ2v) is 11.2. The Kier molecular flexibility index (Phi) is 8.09. The Bertz CT molecular complexity index is 1480. The van der Waals surface area contributed by atoms with Crippen LogP contribution in [-0.4, -0.2) is 28.0 Å². The fourth-order valence-electron chi connectivity index (χ4n) is 5.30. The summed E-state index contributed by atoms with van der Waals surface area (Å²) >= 11 is 11.8. The van der Waals surface area contributed by atoms with Crippen molar-refractivity contribution < 1.29 is 18.8 Å². The third-order valence-corrected chi connectivity index (χ3v) is 8.19. The number of amides is 1. The van der Waals surface area contributed by atoms with Crippen LogP contribution < -0.4 is 15.5 Å². The summed E-state index contributed by atoms with van der Waals surface area (Å²) in [4.78, 5) is 36.7. The summed E-state index contributed by atoms with van der Waals surface area (Å²) in [5, 5.41) is 14.2. The maximum atomic E-state index is 14.2. The molecule has 206 valence electrons. The summed E-state index contributed by atoms with van der Waals surface area (Å²) in [5.74, 6) is -0.209. The van der Waals surface area contributed by atoms with Crippen LogP contribution in [0, 0.1) is 21.8 Å². The van der Waals surface area contributed by atoms with Gasteiger partial charge >= 0.3 is 0 Å². The van der Waals surface area contributed by atoms with Crippen LogP contribution in [0.2, 0.25) is 10.0 Å². The van der Waals surface area contributed by atoms with E-state index in [0.29, 0.717) is 23.8 Å². The first-order chi connectivity index (χ1) is 18.7. The van der Waals surface area contributed by atoms with Crippen molar-refractivity contribution in [3.8, 4) is 5.75 Å². The number of carbonyl (C=O) groups excluding carboxylic acids is 1. The molecule has 2 fully saturated rings. The first-order valence-electron chi connectivity index (χ1n) is 13.1. The topological polar surface area (TPSA) is 103 Å². The predicted octanol–water partition coefficient (Wildman–Crippen LogP) is 6.84. The third kappa shape index (κ3) is 6.20. The van der Waals surface area contributed by atoms with Gasteiger partial charge in [0.1, 0.15) is 22.2 Å². The Labute approximate surface area is 234 Å². The minimum Gasteiger partial charge on any atom is -0.493 e. The molecule has 2 saturated carbocycles. The number of nitro benzene ring substituents is 1. The van der Waals surface area contributed by atoms with Gasteiger partial charge in [-0.2, -0.15) is 0 Å². The number of carbonyl (C=O) groups is 1. The lowest BCUT2D eigenvalue weighted by Crippen LogP contribution is -2.39. The Hall–Kier alpha value is -3.17. The number of nitrogens with one attached hydrogen (secondary N) is 1. The van der Waals surface area contributed by atoms with Crippen molar-refractivity contribution >= 4 is 45.7 Å². The number of pyridine rings is 1. The van der Waals surface area contributed by atoms with Crippen LogP contribution in [0.4, 0.5) is 10.1 Å². The highest BCUT2D eigenvalue weighted by Gasteiger charge is 2.29. The van der Waals surface area contributed by atoms with Crippen molar-refractivity contribution in [2.45, 2.75) is 63.5 Å². The number of nitrogens with zero attached hydrogens (tertiary/aromatic N) is 2. The van der Waals surface area contributed by atoms with E-state index in [2.05, 4.69) is 5.32 Å². The van der Waals surface area contributed by atoms with Gasteiger partial charge < -0.3 is 14.6 Å². The standard InChI is InChI=1S/C28H28Cl2FN3O5/c29-22-10-9-19(12-26(22)34(37)38)39-11-1-2-16-3-5-17(6-4-16)32-28(36)21-15-33(18-7-8-18)25-14-23(30)24(31)13-20(25)27(21)35/h9-10,12-18H,1-8,11H2,(H,32,36). The van der Waals surface area contributed by atoms with Gasteiger partial charge in [-0.3, -0.25) is 19.7 Å². The smallest absolute Gasteiger partial charge is 0.291 e. The van der Waals surface area contributed by atoms with E-state index < -0.39 is 22.1 Å². The van der Waals surface area contributed by atoms with Gasteiger partial charge in [-0.1, -0.05) is 23.2 Å². The van der Waals surface area contributed by atoms with Gasteiger partial charge in [-0.15, -0.1) is 0 Å². The number of hydrogen-bond acceptors (Lipinski definition) is 5. The molecule has 11 heteroatoms. The second-order valence-electron chi connectivity index (χ2n) is 10.3. The summed E-state index contributed by atoms with van der Waals surface area (Å²) in [5.41, 5.74) is -0.0991. The quantitative estimate of drug-likeness (QED) is 0.171. The number of hydrogen-bond donors (Lipinski definition) is 1. The Morgan fingerprint density at radius 1 is 1.10 bits per heavy atom. The van der Waals surface area contributed by atoms with Crippen molar-refractivity contribution in [3.63, 3.8) is 0 Å². The number of benzene rings is 2.